The highest BCUT2D eigenvalue weighted by atomic mass is 32.2. The lowest BCUT2D eigenvalue weighted by molar-refractivity contribution is 0.567. The van der Waals surface area contributed by atoms with E-state index in [0.717, 1.165) is 12.1 Å². The van der Waals surface area contributed by atoms with E-state index < -0.39 is 15.8 Å². The molecule has 2 rings (SSSR count). The minimum atomic E-state index is -3.79. The minimum Gasteiger partial charge on any atom is -0.398 e. The molecule has 0 radical (unpaired) electrons. The summed E-state index contributed by atoms with van der Waals surface area (Å²) in [4.78, 5) is 3.65. The van der Waals surface area contributed by atoms with Crippen molar-refractivity contribution < 1.29 is 12.8 Å². The maximum atomic E-state index is 13.1. The lowest BCUT2D eigenvalue weighted by Gasteiger charge is -2.09. The van der Waals surface area contributed by atoms with Gasteiger partial charge in [0.2, 0.25) is 10.0 Å². The molecule has 0 saturated heterocycles. The number of hydrogen-bond acceptors (Lipinski definition) is 4. The van der Waals surface area contributed by atoms with Crippen molar-refractivity contribution in [1.82, 2.24) is 14.3 Å². The van der Waals surface area contributed by atoms with E-state index in [1.165, 1.54) is 6.07 Å². The van der Waals surface area contributed by atoms with Gasteiger partial charge in [-0.2, -0.15) is 0 Å². The molecule has 0 spiro atoms. The molecule has 8 heteroatoms. The highest BCUT2D eigenvalue weighted by Crippen LogP contribution is 2.18. The monoisotopic (exact) mass is 298 g/mol. The molecule has 0 aliphatic heterocycles. The molecular formula is C12H15FN4O2S. The number of aromatic nitrogens is 2. The number of aryl methyl sites for hydroxylation is 1. The Kier molecular flexibility index (Phi) is 4.35. The quantitative estimate of drug-likeness (QED) is 0.614. The molecule has 1 heterocycles. The Morgan fingerprint density at radius 2 is 2.20 bits per heavy atom. The van der Waals surface area contributed by atoms with Crippen LogP contribution in [-0.2, 0) is 16.6 Å². The van der Waals surface area contributed by atoms with Crippen LogP contribution in [0.25, 0.3) is 0 Å². The number of halogens is 1. The number of nitrogens with two attached hydrogens (primary N) is 1. The first kappa shape index (κ1) is 14.5. The third-order valence-corrected chi connectivity index (χ3v) is 4.23. The Balaban J connectivity index is 1.95. The summed E-state index contributed by atoms with van der Waals surface area (Å²) in [5, 5.41) is 0. The van der Waals surface area contributed by atoms with Gasteiger partial charge in [-0.25, -0.2) is 22.5 Å². The van der Waals surface area contributed by atoms with Crippen LogP contribution in [0.4, 0.5) is 10.1 Å². The molecule has 0 fully saturated rings. The molecule has 0 bridgehead atoms. The zero-order chi connectivity index (χ0) is 14.6. The molecule has 0 aliphatic carbocycles. The van der Waals surface area contributed by atoms with Gasteiger partial charge in [0.25, 0.3) is 0 Å². The van der Waals surface area contributed by atoms with Crippen molar-refractivity contribution in [3.05, 3.63) is 42.7 Å². The zero-order valence-corrected chi connectivity index (χ0v) is 11.5. The lowest BCUT2D eigenvalue weighted by atomic mass is 10.3. The average Bonchev–Trinajstić information content (AvgIpc) is 2.90. The second-order valence-corrected chi connectivity index (χ2v) is 5.97. The maximum absolute atomic E-state index is 13.1. The highest BCUT2D eigenvalue weighted by Gasteiger charge is 2.17. The van der Waals surface area contributed by atoms with Crippen LogP contribution < -0.4 is 10.5 Å². The molecule has 0 atom stereocenters. The molecule has 6 nitrogen and oxygen atoms in total. The molecule has 0 amide bonds. The van der Waals surface area contributed by atoms with Gasteiger partial charge in [-0.3, -0.25) is 0 Å². The second kappa shape index (κ2) is 6.02. The molecule has 108 valence electrons. The average molecular weight is 298 g/mol. The number of hydrogen-bond donors (Lipinski definition) is 2. The Labute approximate surface area is 116 Å². The van der Waals surface area contributed by atoms with E-state index in [-0.39, 0.29) is 17.1 Å². The first-order valence-corrected chi connectivity index (χ1v) is 7.48. The number of sulfonamides is 1. The Bertz CT molecular complexity index is 671. The Morgan fingerprint density at radius 1 is 1.40 bits per heavy atom. The summed E-state index contributed by atoms with van der Waals surface area (Å²) in [6.45, 7) is 0.873. The summed E-state index contributed by atoms with van der Waals surface area (Å²) in [6.07, 6.45) is 5.68. The van der Waals surface area contributed by atoms with Gasteiger partial charge in [-0.1, -0.05) is 0 Å². The van der Waals surface area contributed by atoms with Crippen LogP contribution in [0.2, 0.25) is 0 Å². The summed E-state index contributed by atoms with van der Waals surface area (Å²) in [6, 6.07) is 3.26. The van der Waals surface area contributed by atoms with Crippen LogP contribution in [0, 0.1) is 5.82 Å². The van der Waals surface area contributed by atoms with Crippen molar-refractivity contribution in [1.29, 1.82) is 0 Å². The second-order valence-electron chi connectivity index (χ2n) is 4.23. The van der Waals surface area contributed by atoms with Crippen LogP contribution in [0.3, 0.4) is 0 Å². The topological polar surface area (TPSA) is 90.0 Å². The molecule has 0 unspecified atom stereocenters. The van der Waals surface area contributed by atoms with E-state index in [9.17, 15) is 12.8 Å². The number of benzene rings is 1. The highest BCUT2D eigenvalue weighted by molar-refractivity contribution is 7.89. The maximum Gasteiger partial charge on any atom is 0.242 e. The van der Waals surface area contributed by atoms with E-state index in [1.54, 1.807) is 18.7 Å². The van der Waals surface area contributed by atoms with Gasteiger partial charge in [-0.15, -0.1) is 0 Å². The van der Waals surface area contributed by atoms with Crippen LogP contribution in [0.1, 0.15) is 6.42 Å². The lowest BCUT2D eigenvalue weighted by Crippen LogP contribution is -2.26. The van der Waals surface area contributed by atoms with Crippen molar-refractivity contribution in [3.8, 4) is 0 Å². The summed E-state index contributed by atoms with van der Waals surface area (Å²) < 4.78 is 41.3. The molecule has 0 saturated carbocycles. The standard InChI is InChI=1S/C12H15FN4O2S/c13-10-2-3-11(14)12(8-10)20(18,19)16-4-1-6-17-7-5-15-9-17/h2-3,5,7-9,16H,1,4,6,14H2. The zero-order valence-electron chi connectivity index (χ0n) is 10.7. The first-order valence-electron chi connectivity index (χ1n) is 5.99. The summed E-state index contributed by atoms with van der Waals surface area (Å²) in [5.74, 6) is -0.641. The number of anilines is 1. The molecule has 1 aromatic heterocycles. The van der Waals surface area contributed by atoms with Crippen molar-refractivity contribution in [2.75, 3.05) is 12.3 Å². The normalized spacial score (nSPS) is 11.7. The summed E-state index contributed by atoms with van der Waals surface area (Å²) in [7, 11) is -3.79. The fraction of sp³-hybridized carbons (Fsp3) is 0.250. The van der Waals surface area contributed by atoms with Gasteiger partial charge >= 0.3 is 0 Å². The molecule has 0 aliphatic rings. The van der Waals surface area contributed by atoms with Crippen molar-refractivity contribution in [2.24, 2.45) is 0 Å². The van der Waals surface area contributed by atoms with Crippen molar-refractivity contribution in [2.45, 2.75) is 17.9 Å². The number of imidazole rings is 1. The first-order chi connectivity index (χ1) is 9.49. The molecule has 1 aromatic carbocycles. The van der Waals surface area contributed by atoms with Crippen LogP contribution >= 0.6 is 0 Å². The molecule has 2 aromatic rings. The third kappa shape index (κ3) is 3.55. The van der Waals surface area contributed by atoms with Gasteiger partial charge in [-0.05, 0) is 24.6 Å². The molecule has 3 N–H and O–H groups in total. The third-order valence-electron chi connectivity index (χ3n) is 2.71. The largest absolute Gasteiger partial charge is 0.398 e. The summed E-state index contributed by atoms with van der Waals surface area (Å²) in [5.41, 5.74) is 5.58. The van der Waals surface area contributed by atoms with E-state index >= 15 is 0 Å². The van der Waals surface area contributed by atoms with Crippen molar-refractivity contribution >= 4 is 15.7 Å². The Morgan fingerprint density at radius 3 is 2.90 bits per heavy atom. The number of nitrogens with zero attached hydrogens (tertiary/aromatic N) is 2. The summed E-state index contributed by atoms with van der Waals surface area (Å²) >= 11 is 0. The van der Waals surface area contributed by atoms with E-state index in [2.05, 4.69) is 9.71 Å². The fourth-order valence-corrected chi connectivity index (χ4v) is 2.92. The van der Waals surface area contributed by atoms with Gasteiger partial charge in [0.05, 0.1) is 12.0 Å². The molecule has 20 heavy (non-hydrogen) atoms. The smallest absolute Gasteiger partial charge is 0.242 e. The van der Waals surface area contributed by atoms with Crippen LogP contribution in [0.5, 0.6) is 0 Å². The predicted molar refractivity (Wildman–Crippen MR) is 72.8 cm³/mol. The number of nitrogens with one attached hydrogen (secondary N) is 1. The van der Waals surface area contributed by atoms with Gasteiger partial charge in [0, 0.05) is 25.5 Å². The van der Waals surface area contributed by atoms with Crippen molar-refractivity contribution in [3.63, 3.8) is 0 Å². The van der Waals surface area contributed by atoms with Gasteiger partial charge in [0.15, 0.2) is 0 Å². The predicted octanol–water partition coefficient (Wildman–Crippen LogP) is 0.973. The molecular weight excluding hydrogens is 283 g/mol. The van der Waals surface area contributed by atoms with E-state index in [1.807, 2.05) is 4.57 Å². The number of nitrogen functional groups attached to an aromatic ring is 1. The van der Waals surface area contributed by atoms with E-state index in [4.69, 9.17) is 5.73 Å². The number of rotatable bonds is 6. The SMILES string of the molecule is Nc1ccc(F)cc1S(=O)(=O)NCCCn1ccnc1. The van der Waals surface area contributed by atoms with Gasteiger partial charge in [0.1, 0.15) is 10.7 Å². The van der Waals surface area contributed by atoms with Gasteiger partial charge < -0.3 is 10.3 Å². The van der Waals surface area contributed by atoms with Crippen LogP contribution in [0.15, 0.2) is 41.8 Å². The Hall–Kier alpha value is -1.93. The van der Waals surface area contributed by atoms with Crippen LogP contribution in [-0.4, -0.2) is 24.5 Å². The minimum absolute atomic E-state index is 0.0218. The fourth-order valence-electron chi connectivity index (χ4n) is 1.71. The van der Waals surface area contributed by atoms with E-state index in [0.29, 0.717) is 13.0 Å².